The van der Waals surface area contributed by atoms with Crippen molar-refractivity contribution in [2.45, 2.75) is 39.2 Å². The van der Waals surface area contributed by atoms with Crippen LogP contribution in [0.15, 0.2) is 24.3 Å². The van der Waals surface area contributed by atoms with Crippen LogP contribution < -0.4 is 5.32 Å². The Labute approximate surface area is 104 Å². The molecule has 1 aliphatic rings. The standard InChI is InChI=1S/C15H23NO/c1-3-8-16-15(14-9-11(14)2)10-12-4-6-13(17)7-5-12/h4-7,11,14-17H,3,8-10H2,1-2H3. The maximum Gasteiger partial charge on any atom is 0.115 e. The highest BCUT2D eigenvalue weighted by molar-refractivity contribution is 5.26. The normalized spacial score (nSPS) is 24.6. The Bertz CT molecular complexity index is 346. The maximum atomic E-state index is 9.28. The molecular weight excluding hydrogens is 210 g/mol. The van der Waals surface area contributed by atoms with Crippen LogP contribution in [0.5, 0.6) is 5.75 Å². The van der Waals surface area contributed by atoms with E-state index in [1.54, 1.807) is 12.1 Å². The third-order valence-corrected chi connectivity index (χ3v) is 3.74. The minimum Gasteiger partial charge on any atom is -0.508 e. The first-order valence-electron chi connectivity index (χ1n) is 6.72. The van der Waals surface area contributed by atoms with Gasteiger partial charge < -0.3 is 10.4 Å². The van der Waals surface area contributed by atoms with Gasteiger partial charge in [0.05, 0.1) is 0 Å². The van der Waals surface area contributed by atoms with Crippen molar-refractivity contribution in [3.8, 4) is 5.75 Å². The molecule has 2 heteroatoms. The van der Waals surface area contributed by atoms with Crippen molar-refractivity contribution >= 4 is 0 Å². The highest BCUT2D eigenvalue weighted by atomic mass is 16.3. The number of rotatable bonds is 6. The van der Waals surface area contributed by atoms with Gasteiger partial charge in [-0.2, -0.15) is 0 Å². The van der Waals surface area contributed by atoms with Gasteiger partial charge in [-0.15, -0.1) is 0 Å². The third kappa shape index (κ3) is 3.47. The summed E-state index contributed by atoms with van der Waals surface area (Å²) in [6.07, 6.45) is 3.63. The van der Waals surface area contributed by atoms with E-state index in [0.29, 0.717) is 11.8 Å². The first-order valence-corrected chi connectivity index (χ1v) is 6.72. The van der Waals surface area contributed by atoms with Gasteiger partial charge in [-0.3, -0.25) is 0 Å². The van der Waals surface area contributed by atoms with E-state index in [0.717, 1.165) is 24.8 Å². The van der Waals surface area contributed by atoms with Crippen molar-refractivity contribution in [3.05, 3.63) is 29.8 Å². The maximum absolute atomic E-state index is 9.28. The molecule has 2 rings (SSSR count). The molecule has 0 aliphatic heterocycles. The van der Waals surface area contributed by atoms with Gasteiger partial charge in [-0.1, -0.05) is 26.0 Å². The van der Waals surface area contributed by atoms with Crippen molar-refractivity contribution in [1.82, 2.24) is 5.32 Å². The largest absolute Gasteiger partial charge is 0.508 e. The monoisotopic (exact) mass is 233 g/mol. The molecule has 0 spiro atoms. The predicted molar refractivity (Wildman–Crippen MR) is 71.2 cm³/mol. The summed E-state index contributed by atoms with van der Waals surface area (Å²) in [7, 11) is 0. The van der Waals surface area contributed by atoms with E-state index in [4.69, 9.17) is 0 Å². The minimum atomic E-state index is 0.353. The number of benzene rings is 1. The Morgan fingerprint density at radius 2 is 2.00 bits per heavy atom. The van der Waals surface area contributed by atoms with Gasteiger partial charge in [0, 0.05) is 6.04 Å². The van der Waals surface area contributed by atoms with Crippen molar-refractivity contribution in [2.75, 3.05) is 6.54 Å². The fraction of sp³-hybridized carbons (Fsp3) is 0.600. The second-order valence-electron chi connectivity index (χ2n) is 5.31. The Balaban J connectivity index is 1.94. The topological polar surface area (TPSA) is 32.3 Å². The van der Waals surface area contributed by atoms with E-state index in [1.807, 2.05) is 12.1 Å². The predicted octanol–water partition coefficient (Wildman–Crippen LogP) is 2.96. The summed E-state index contributed by atoms with van der Waals surface area (Å²) in [5.41, 5.74) is 1.32. The molecule has 94 valence electrons. The molecule has 1 aliphatic carbocycles. The van der Waals surface area contributed by atoms with Gasteiger partial charge in [0.2, 0.25) is 0 Å². The van der Waals surface area contributed by atoms with Crippen LogP contribution in [0.25, 0.3) is 0 Å². The van der Waals surface area contributed by atoms with Crippen LogP contribution in [0.2, 0.25) is 0 Å². The summed E-state index contributed by atoms with van der Waals surface area (Å²) in [4.78, 5) is 0. The third-order valence-electron chi connectivity index (χ3n) is 3.74. The van der Waals surface area contributed by atoms with Gasteiger partial charge in [-0.05, 0) is 55.3 Å². The second kappa shape index (κ2) is 5.54. The lowest BCUT2D eigenvalue weighted by molar-refractivity contribution is 0.442. The molecule has 1 aromatic carbocycles. The molecule has 1 aromatic rings. The molecule has 3 unspecified atom stereocenters. The highest BCUT2D eigenvalue weighted by Crippen LogP contribution is 2.41. The number of phenolic OH excluding ortho intramolecular Hbond substituents is 1. The zero-order valence-corrected chi connectivity index (χ0v) is 10.8. The molecule has 0 heterocycles. The average molecular weight is 233 g/mol. The van der Waals surface area contributed by atoms with E-state index >= 15 is 0 Å². The quantitative estimate of drug-likeness (QED) is 0.791. The van der Waals surface area contributed by atoms with E-state index in [1.165, 1.54) is 18.4 Å². The Kier molecular flexibility index (Phi) is 4.06. The van der Waals surface area contributed by atoms with Crippen molar-refractivity contribution < 1.29 is 5.11 Å². The fourth-order valence-electron chi connectivity index (χ4n) is 2.50. The summed E-state index contributed by atoms with van der Waals surface area (Å²) >= 11 is 0. The molecular formula is C15H23NO. The van der Waals surface area contributed by atoms with E-state index in [-0.39, 0.29) is 0 Å². The van der Waals surface area contributed by atoms with Crippen LogP contribution in [-0.2, 0) is 6.42 Å². The Morgan fingerprint density at radius 1 is 1.35 bits per heavy atom. The molecule has 0 saturated heterocycles. The Hall–Kier alpha value is -1.02. The van der Waals surface area contributed by atoms with Gasteiger partial charge in [-0.25, -0.2) is 0 Å². The lowest BCUT2D eigenvalue weighted by Gasteiger charge is -2.18. The molecule has 1 saturated carbocycles. The van der Waals surface area contributed by atoms with E-state index in [2.05, 4.69) is 19.2 Å². The molecule has 0 aromatic heterocycles. The first-order chi connectivity index (χ1) is 8.20. The molecule has 1 fully saturated rings. The smallest absolute Gasteiger partial charge is 0.115 e. The SMILES string of the molecule is CCCNC(Cc1ccc(O)cc1)C1CC1C. The molecule has 0 bridgehead atoms. The average Bonchev–Trinajstić information content (AvgIpc) is 3.04. The van der Waals surface area contributed by atoms with Gasteiger partial charge in [0.15, 0.2) is 0 Å². The molecule has 2 nitrogen and oxygen atoms in total. The number of phenols is 1. The number of hydrogen-bond donors (Lipinski definition) is 2. The molecule has 17 heavy (non-hydrogen) atoms. The Morgan fingerprint density at radius 3 is 2.53 bits per heavy atom. The summed E-state index contributed by atoms with van der Waals surface area (Å²) in [6.45, 7) is 5.65. The van der Waals surface area contributed by atoms with Gasteiger partial charge >= 0.3 is 0 Å². The number of nitrogens with one attached hydrogen (secondary N) is 1. The fourth-order valence-corrected chi connectivity index (χ4v) is 2.50. The first kappa shape index (κ1) is 12.4. The van der Waals surface area contributed by atoms with Crippen LogP contribution in [0.4, 0.5) is 0 Å². The summed E-state index contributed by atoms with van der Waals surface area (Å²) < 4.78 is 0. The van der Waals surface area contributed by atoms with Crippen LogP contribution in [-0.4, -0.2) is 17.7 Å². The van der Waals surface area contributed by atoms with Crippen LogP contribution in [0.3, 0.4) is 0 Å². The second-order valence-corrected chi connectivity index (χ2v) is 5.31. The van der Waals surface area contributed by atoms with Crippen LogP contribution >= 0.6 is 0 Å². The van der Waals surface area contributed by atoms with Crippen molar-refractivity contribution in [2.24, 2.45) is 11.8 Å². The van der Waals surface area contributed by atoms with Crippen molar-refractivity contribution in [1.29, 1.82) is 0 Å². The number of hydrogen-bond acceptors (Lipinski definition) is 2. The lowest BCUT2D eigenvalue weighted by atomic mass is 10.0. The summed E-state index contributed by atoms with van der Waals surface area (Å²) in [5, 5.41) is 12.9. The van der Waals surface area contributed by atoms with Crippen LogP contribution in [0.1, 0.15) is 32.3 Å². The summed E-state index contributed by atoms with van der Waals surface area (Å²) in [6, 6.07) is 8.23. The highest BCUT2D eigenvalue weighted by Gasteiger charge is 2.38. The molecule has 2 N–H and O–H groups in total. The molecule has 0 radical (unpaired) electrons. The lowest BCUT2D eigenvalue weighted by Crippen LogP contribution is -2.34. The van der Waals surface area contributed by atoms with Gasteiger partial charge in [0.1, 0.15) is 5.75 Å². The molecule has 0 amide bonds. The summed E-state index contributed by atoms with van der Waals surface area (Å²) in [5.74, 6) is 2.07. The molecule has 3 atom stereocenters. The van der Waals surface area contributed by atoms with E-state index in [9.17, 15) is 5.11 Å². The number of aromatic hydroxyl groups is 1. The zero-order valence-electron chi connectivity index (χ0n) is 10.8. The minimum absolute atomic E-state index is 0.353. The van der Waals surface area contributed by atoms with Gasteiger partial charge in [0.25, 0.3) is 0 Å². The zero-order chi connectivity index (χ0) is 12.3. The van der Waals surface area contributed by atoms with Crippen LogP contribution in [0, 0.1) is 11.8 Å². The van der Waals surface area contributed by atoms with Crippen molar-refractivity contribution in [3.63, 3.8) is 0 Å². The van der Waals surface area contributed by atoms with E-state index < -0.39 is 0 Å².